The minimum Gasteiger partial charge on any atom is -0.380 e. The molecule has 27 heavy (non-hydrogen) atoms. The van der Waals surface area contributed by atoms with Crippen LogP contribution in [0.25, 0.3) is 11.1 Å². The summed E-state index contributed by atoms with van der Waals surface area (Å²) in [6.45, 7) is 1.79. The summed E-state index contributed by atoms with van der Waals surface area (Å²) >= 11 is 6.05. The van der Waals surface area contributed by atoms with E-state index < -0.39 is 11.5 Å². The highest BCUT2D eigenvalue weighted by molar-refractivity contribution is 6.34. The minimum absolute atomic E-state index is 0.0579. The second-order valence-electron chi connectivity index (χ2n) is 6.84. The Morgan fingerprint density at radius 3 is 1.89 bits per heavy atom. The summed E-state index contributed by atoms with van der Waals surface area (Å²) in [4.78, 5) is 13.3. The van der Waals surface area contributed by atoms with E-state index in [-0.39, 0.29) is 5.78 Å². The second-order valence-corrected chi connectivity index (χ2v) is 7.28. The number of hydrogen-bond donors (Lipinski definition) is 1. The topological polar surface area (TPSA) is 37.3 Å². The first kappa shape index (κ1) is 17.7. The second kappa shape index (κ2) is 6.80. The van der Waals surface area contributed by atoms with Crippen molar-refractivity contribution in [3.05, 3.63) is 107 Å². The quantitative estimate of drug-likeness (QED) is 0.670. The Labute approximate surface area is 163 Å². The third-order valence-electron chi connectivity index (χ3n) is 5.31. The molecule has 2 unspecified atom stereocenters. The molecule has 134 valence electrons. The number of halogens is 1. The zero-order valence-corrected chi connectivity index (χ0v) is 15.6. The van der Waals surface area contributed by atoms with Crippen molar-refractivity contribution >= 4 is 28.5 Å². The van der Waals surface area contributed by atoms with Gasteiger partial charge >= 0.3 is 0 Å². The van der Waals surface area contributed by atoms with Crippen molar-refractivity contribution in [3.8, 4) is 0 Å². The van der Waals surface area contributed by atoms with E-state index in [0.29, 0.717) is 21.7 Å². The van der Waals surface area contributed by atoms with Crippen molar-refractivity contribution in [2.75, 3.05) is 0 Å². The number of aliphatic hydroxyl groups is 1. The lowest BCUT2D eigenvalue weighted by Gasteiger charge is -2.31. The molecule has 2 nitrogen and oxygen atoms in total. The first-order valence-electron chi connectivity index (χ1n) is 8.91. The molecule has 0 amide bonds. The third kappa shape index (κ3) is 2.82. The van der Waals surface area contributed by atoms with E-state index in [9.17, 15) is 9.90 Å². The van der Waals surface area contributed by atoms with Crippen LogP contribution in [0.4, 0.5) is 0 Å². The van der Waals surface area contributed by atoms with Crippen molar-refractivity contribution in [1.29, 1.82) is 0 Å². The Morgan fingerprint density at radius 1 is 0.815 bits per heavy atom. The number of Topliss-reactive ketones (excluding diaryl/α,β-unsaturated/α-hetero) is 1. The smallest absolute Gasteiger partial charge is 0.170 e. The van der Waals surface area contributed by atoms with Crippen LogP contribution < -0.4 is 0 Å². The molecule has 0 saturated carbocycles. The van der Waals surface area contributed by atoms with Crippen molar-refractivity contribution in [3.63, 3.8) is 0 Å². The predicted octanol–water partition coefficient (Wildman–Crippen LogP) is 5.36. The molecule has 1 aliphatic rings. The summed E-state index contributed by atoms with van der Waals surface area (Å²) < 4.78 is 0. The Hall–Kier alpha value is -2.68. The first-order chi connectivity index (χ1) is 13.0. The van der Waals surface area contributed by atoms with E-state index >= 15 is 0 Å². The van der Waals surface area contributed by atoms with Crippen LogP contribution in [0.1, 0.15) is 23.6 Å². The van der Waals surface area contributed by atoms with Gasteiger partial charge in [0.1, 0.15) is 5.60 Å². The van der Waals surface area contributed by atoms with E-state index in [0.717, 1.165) is 11.1 Å². The fourth-order valence-corrected chi connectivity index (χ4v) is 4.02. The summed E-state index contributed by atoms with van der Waals surface area (Å²) in [5.74, 6) is -0.665. The van der Waals surface area contributed by atoms with E-state index in [4.69, 9.17) is 11.6 Å². The highest BCUT2D eigenvalue weighted by atomic mass is 35.5. The normalized spacial score (nSPS) is 22.3. The number of carbonyl (C=O) groups excluding carboxylic acids is 1. The average molecular weight is 375 g/mol. The molecule has 0 aromatic heterocycles. The van der Waals surface area contributed by atoms with Crippen molar-refractivity contribution in [1.82, 2.24) is 0 Å². The molecule has 0 fully saturated rings. The van der Waals surface area contributed by atoms with Gasteiger partial charge in [0.05, 0.1) is 5.92 Å². The average Bonchev–Trinajstić information content (AvgIpc) is 2.92. The van der Waals surface area contributed by atoms with Crippen molar-refractivity contribution in [2.24, 2.45) is 5.92 Å². The zero-order chi connectivity index (χ0) is 19.0. The summed E-state index contributed by atoms with van der Waals surface area (Å²) in [6, 6.07) is 26.3. The Kier molecular flexibility index (Phi) is 4.47. The van der Waals surface area contributed by atoms with Gasteiger partial charge in [0, 0.05) is 16.2 Å². The number of ketones is 1. The van der Waals surface area contributed by atoms with Crippen molar-refractivity contribution in [2.45, 2.75) is 12.5 Å². The summed E-state index contributed by atoms with van der Waals surface area (Å²) in [5, 5.41) is 12.5. The SMILES string of the molecule is CC1C(=O)C(c2ccccc2)=C(c2ccccc2)C1(O)c1ccc(Cl)cc1. The fourth-order valence-electron chi connectivity index (χ4n) is 3.90. The molecule has 0 saturated heterocycles. The van der Waals surface area contributed by atoms with E-state index in [1.54, 1.807) is 31.2 Å². The lowest BCUT2D eigenvalue weighted by Crippen LogP contribution is -2.33. The van der Waals surface area contributed by atoms with Gasteiger partial charge in [0.15, 0.2) is 5.78 Å². The molecule has 1 aliphatic carbocycles. The Bertz CT molecular complexity index is 1010. The Balaban J connectivity index is 2.04. The molecule has 0 bridgehead atoms. The lowest BCUT2D eigenvalue weighted by molar-refractivity contribution is -0.121. The zero-order valence-electron chi connectivity index (χ0n) is 14.9. The van der Waals surface area contributed by atoms with E-state index in [1.165, 1.54) is 0 Å². The summed E-state index contributed by atoms with van der Waals surface area (Å²) in [5.41, 5.74) is 2.12. The molecule has 3 heteroatoms. The van der Waals surface area contributed by atoms with Crippen LogP contribution in [-0.4, -0.2) is 10.9 Å². The number of hydrogen-bond acceptors (Lipinski definition) is 2. The highest BCUT2D eigenvalue weighted by Crippen LogP contribution is 2.53. The Morgan fingerprint density at radius 2 is 1.33 bits per heavy atom. The van der Waals surface area contributed by atoms with Crippen LogP contribution in [0.15, 0.2) is 84.9 Å². The standard InChI is InChI=1S/C24H19ClO2/c1-16-23(26)21(17-8-4-2-5-9-17)22(18-10-6-3-7-11-18)24(16,27)19-12-14-20(25)15-13-19/h2-16,27H,1H3. The van der Waals surface area contributed by atoms with Crippen LogP contribution in [0.2, 0.25) is 5.02 Å². The fraction of sp³-hybridized carbons (Fsp3) is 0.125. The third-order valence-corrected chi connectivity index (χ3v) is 5.56. The van der Waals surface area contributed by atoms with Gasteiger partial charge in [-0.1, -0.05) is 91.3 Å². The van der Waals surface area contributed by atoms with Crippen LogP contribution in [0.5, 0.6) is 0 Å². The molecule has 0 heterocycles. The van der Waals surface area contributed by atoms with Crippen LogP contribution >= 0.6 is 11.6 Å². The van der Waals surface area contributed by atoms with Gasteiger partial charge in [-0.3, -0.25) is 4.79 Å². The van der Waals surface area contributed by atoms with Gasteiger partial charge < -0.3 is 5.11 Å². The largest absolute Gasteiger partial charge is 0.380 e. The van der Waals surface area contributed by atoms with Crippen LogP contribution in [0.3, 0.4) is 0 Å². The number of carbonyl (C=O) groups is 1. The first-order valence-corrected chi connectivity index (χ1v) is 9.29. The number of rotatable bonds is 3. The maximum atomic E-state index is 13.3. The van der Waals surface area contributed by atoms with E-state index in [1.807, 2.05) is 60.7 Å². The van der Waals surface area contributed by atoms with Crippen molar-refractivity contribution < 1.29 is 9.90 Å². The maximum Gasteiger partial charge on any atom is 0.170 e. The summed E-state index contributed by atoms with van der Waals surface area (Å²) in [7, 11) is 0. The van der Waals surface area contributed by atoms with Gasteiger partial charge in [0.2, 0.25) is 0 Å². The minimum atomic E-state index is -1.42. The molecule has 1 N–H and O–H groups in total. The number of benzene rings is 3. The monoisotopic (exact) mass is 374 g/mol. The van der Waals surface area contributed by atoms with Gasteiger partial charge in [-0.2, -0.15) is 0 Å². The van der Waals surface area contributed by atoms with Crippen LogP contribution in [-0.2, 0) is 10.4 Å². The predicted molar refractivity (Wildman–Crippen MR) is 109 cm³/mol. The molecule has 0 aliphatic heterocycles. The van der Waals surface area contributed by atoms with Gasteiger partial charge in [-0.15, -0.1) is 0 Å². The summed E-state index contributed by atoms with van der Waals surface area (Å²) in [6.07, 6.45) is 0. The maximum absolute atomic E-state index is 13.3. The van der Waals surface area contributed by atoms with Gasteiger partial charge in [-0.25, -0.2) is 0 Å². The highest BCUT2D eigenvalue weighted by Gasteiger charge is 2.52. The molecular formula is C24H19ClO2. The lowest BCUT2D eigenvalue weighted by atomic mass is 9.78. The van der Waals surface area contributed by atoms with Gasteiger partial charge in [-0.05, 0) is 28.8 Å². The van der Waals surface area contributed by atoms with Crippen LogP contribution in [0, 0.1) is 5.92 Å². The number of allylic oxidation sites excluding steroid dienone is 1. The van der Waals surface area contributed by atoms with Gasteiger partial charge in [0.25, 0.3) is 0 Å². The molecule has 3 aromatic carbocycles. The molecule has 3 aromatic rings. The molecule has 0 spiro atoms. The molecule has 2 atom stereocenters. The molecule has 0 radical (unpaired) electrons. The molecular weight excluding hydrogens is 356 g/mol. The van der Waals surface area contributed by atoms with E-state index in [2.05, 4.69) is 0 Å². The molecule has 4 rings (SSSR count).